The predicted molar refractivity (Wildman–Crippen MR) is 167 cm³/mol. The quantitative estimate of drug-likeness (QED) is 0.0785. The zero-order chi connectivity index (χ0) is 29.0. The average Bonchev–Trinajstić information content (AvgIpc) is 3.34. The molecule has 4 nitrogen and oxygen atoms in total. The van der Waals surface area contributed by atoms with E-state index < -0.39 is 5.97 Å². The van der Waals surface area contributed by atoms with Crippen LogP contribution in [0.5, 0.6) is 5.75 Å². The summed E-state index contributed by atoms with van der Waals surface area (Å²) in [7, 11) is 0. The van der Waals surface area contributed by atoms with Crippen LogP contribution in [0.1, 0.15) is 129 Å². The van der Waals surface area contributed by atoms with Crippen LogP contribution >= 0.6 is 0 Å². The summed E-state index contributed by atoms with van der Waals surface area (Å²) in [5, 5.41) is 0. The van der Waals surface area contributed by atoms with Crippen LogP contribution in [0, 0.1) is 0 Å². The fraction of sp³-hybridized carbons (Fsp3) is 0.459. The fourth-order valence-electron chi connectivity index (χ4n) is 5.65. The van der Waals surface area contributed by atoms with E-state index in [1.807, 2.05) is 25.1 Å². The summed E-state index contributed by atoms with van der Waals surface area (Å²) >= 11 is 0. The van der Waals surface area contributed by atoms with E-state index in [9.17, 15) is 9.59 Å². The lowest BCUT2D eigenvalue weighted by molar-refractivity contribution is 0.0319. The molecular weight excluding hydrogens is 508 g/mol. The van der Waals surface area contributed by atoms with Gasteiger partial charge in [-0.2, -0.15) is 0 Å². The molecule has 41 heavy (non-hydrogen) atoms. The van der Waals surface area contributed by atoms with E-state index in [0.717, 1.165) is 37.7 Å². The first-order chi connectivity index (χ1) is 20.0. The number of fused-ring (bicyclic) bond motifs is 3. The molecule has 0 aromatic heterocycles. The Balaban J connectivity index is 1.29. The molecule has 0 aliphatic heterocycles. The molecular formula is C37H46O4. The van der Waals surface area contributed by atoms with Crippen molar-refractivity contribution in [1.29, 1.82) is 0 Å². The first kappa shape index (κ1) is 30.6. The minimum atomic E-state index is -0.399. The number of unbranched alkanes of at least 4 members (excludes halogenated alkanes) is 8. The molecule has 0 bridgehead atoms. The zero-order valence-corrected chi connectivity index (χ0v) is 25.2. The molecule has 0 saturated heterocycles. The van der Waals surface area contributed by atoms with Crippen LogP contribution in [0.3, 0.4) is 0 Å². The van der Waals surface area contributed by atoms with Gasteiger partial charge in [0.15, 0.2) is 0 Å². The van der Waals surface area contributed by atoms with E-state index in [1.165, 1.54) is 73.6 Å². The third-order valence-corrected chi connectivity index (χ3v) is 8.07. The highest BCUT2D eigenvalue weighted by molar-refractivity contribution is 5.93. The van der Waals surface area contributed by atoms with Gasteiger partial charge in [-0.1, -0.05) is 89.5 Å². The third kappa shape index (κ3) is 8.79. The Morgan fingerprint density at radius 3 is 2.02 bits per heavy atom. The number of hydrogen-bond acceptors (Lipinski definition) is 4. The van der Waals surface area contributed by atoms with Crippen molar-refractivity contribution in [1.82, 2.24) is 0 Å². The molecule has 1 atom stereocenters. The minimum absolute atomic E-state index is 0.116. The second-order valence-electron chi connectivity index (χ2n) is 11.5. The summed E-state index contributed by atoms with van der Waals surface area (Å²) < 4.78 is 11.2. The highest BCUT2D eigenvalue weighted by Gasteiger charge is 2.21. The third-order valence-electron chi connectivity index (χ3n) is 8.07. The van der Waals surface area contributed by atoms with Gasteiger partial charge in [0.1, 0.15) is 5.75 Å². The lowest BCUT2D eigenvalue weighted by atomic mass is 9.99. The molecule has 4 heteroatoms. The number of rotatable bonds is 16. The Hall–Kier alpha value is -3.40. The lowest BCUT2D eigenvalue weighted by Gasteiger charge is -2.13. The van der Waals surface area contributed by atoms with Gasteiger partial charge in [0, 0.05) is 0 Å². The Bertz CT molecular complexity index is 1290. The SMILES string of the molecule is CCCCCCCCc1ccc2c(c1)Cc1cc(C(=O)Oc3ccc(C(=O)OC(C)CCCCCC)cc3)ccc1-2. The van der Waals surface area contributed by atoms with Gasteiger partial charge in [-0.3, -0.25) is 0 Å². The number of benzene rings is 3. The fourth-order valence-corrected chi connectivity index (χ4v) is 5.65. The number of carbonyl (C=O) groups is 2. The highest BCUT2D eigenvalue weighted by atomic mass is 16.5. The van der Waals surface area contributed by atoms with Crippen LogP contribution in [0.25, 0.3) is 11.1 Å². The molecule has 0 spiro atoms. The van der Waals surface area contributed by atoms with Crippen LogP contribution in [0.15, 0.2) is 60.7 Å². The number of aryl methyl sites for hydroxylation is 1. The molecule has 3 aromatic carbocycles. The van der Waals surface area contributed by atoms with Crippen LogP contribution < -0.4 is 4.74 Å². The van der Waals surface area contributed by atoms with Crippen LogP contribution in [-0.4, -0.2) is 18.0 Å². The van der Waals surface area contributed by atoms with Crippen molar-refractivity contribution in [2.45, 2.75) is 110 Å². The van der Waals surface area contributed by atoms with E-state index in [1.54, 1.807) is 24.3 Å². The summed E-state index contributed by atoms with van der Waals surface area (Å²) in [5.41, 5.74) is 7.36. The van der Waals surface area contributed by atoms with Crippen molar-refractivity contribution in [3.8, 4) is 16.9 Å². The van der Waals surface area contributed by atoms with E-state index in [2.05, 4.69) is 32.0 Å². The van der Waals surface area contributed by atoms with Crippen molar-refractivity contribution in [3.63, 3.8) is 0 Å². The number of esters is 2. The second-order valence-corrected chi connectivity index (χ2v) is 11.5. The zero-order valence-electron chi connectivity index (χ0n) is 25.2. The van der Waals surface area contributed by atoms with Crippen molar-refractivity contribution < 1.29 is 19.1 Å². The monoisotopic (exact) mass is 554 g/mol. The summed E-state index contributed by atoms with van der Waals surface area (Å²) in [5.74, 6) is -0.343. The largest absolute Gasteiger partial charge is 0.459 e. The van der Waals surface area contributed by atoms with Gasteiger partial charge < -0.3 is 9.47 Å². The van der Waals surface area contributed by atoms with Gasteiger partial charge >= 0.3 is 11.9 Å². The Morgan fingerprint density at radius 2 is 1.29 bits per heavy atom. The molecule has 1 aliphatic carbocycles. The van der Waals surface area contributed by atoms with Crippen LogP contribution in [-0.2, 0) is 17.6 Å². The topological polar surface area (TPSA) is 52.6 Å². The van der Waals surface area contributed by atoms with Gasteiger partial charge in [0.2, 0.25) is 0 Å². The minimum Gasteiger partial charge on any atom is -0.459 e. The van der Waals surface area contributed by atoms with E-state index >= 15 is 0 Å². The normalized spacial score (nSPS) is 12.5. The maximum Gasteiger partial charge on any atom is 0.343 e. The summed E-state index contributed by atoms with van der Waals surface area (Å²) in [6, 6.07) is 19.3. The number of carbonyl (C=O) groups excluding carboxylic acids is 2. The molecule has 0 radical (unpaired) electrons. The average molecular weight is 555 g/mol. The molecule has 3 aromatic rings. The molecule has 0 saturated carbocycles. The number of ether oxygens (including phenoxy) is 2. The van der Waals surface area contributed by atoms with Gasteiger partial charge in [-0.15, -0.1) is 0 Å². The van der Waals surface area contributed by atoms with Crippen molar-refractivity contribution in [2.24, 2.45) is 0 Å². The smallest absolute Gasteiger partial charge is 0.343 e. The van der Waals surface area contributed by atoms with Gasteiger partial charge in [-0.05, 0) is 103 Å². The lowest BCUT2D eigenvalue weighted by Crippen LogP contribution is -2.15. The Labute approximate surface area is 246 Å². The van der Waals surface area contributed by atoms with Gasteiger partial charge in [0.25, 0.3) is 0 Å². The predicted octanol–water partition coefficient (Wildman–Crippen LogP) is 9.90. The second kappa shape index (κ2) is 15.6. The Kier molecular flexibility index (Phi) is 11.6. The van der Waals surface area contributed by atoms with Crippen molar-refractivity contribution in [2.75, 3.05) is 0 Å². The van der Waals surface area contributed by atoms with E-state index in [-0.39, 0.29) is 12.1 Å². The number of hydrogen-bond donors (Lipinski definition) is 0. The van der Waals surface area contributed by atoms with E-state index in [4.69, 9.17) is 9.47 Å². The summed E-state index contributed by atoms with van der Waals surface area (Å²) in [6.45, 7) is 6.37. The molecule has 0 amide bonds. The molecule has 0 N–H and O–H groups in total. The summed E-state index contributed by atoms with van der Waals surface area (Å²) in [6.07, 6.45) is 15.2. The Morgan fingerprint density at radius 1 is 0.683 bits per heavy atom. The molecule has 218 valence electrons. The molecule has 1 unspecified atom stereocenters. The van der Waals surface area contributed by atoms with E-state index in [0.29, 0.717) is 16.9 Å². The first-order valence-electron chi connectivity index (χ1n) is 15.8. The van der Waals surface area contributed by atoms with Crippen LogP contribution in [0.2, 0.25) is 0 Å². The highest BCUT2D eigenvalue weighted by Crippen LogP contribution is 2.38. The van der Waals surface area contributed by atoms with Gasteiger partial charge in [0.05, 0.1) is 17.2 Å². The standard InChI is InChI=1S/C37H46O4/c1-4-6-8-10-11-13-15-28-16-22-34-31(24-28)26-32-25-30(19-23-35(32)34)37(39)41-33-20-17-29(18-21-33)36(38)40-27(3)14-12-9-7-5-2/h16-25,27H,4-15,26H2,1-3H3. The van der Waals surface area contributed by atoms with Crippen LogP contribution in [0.4, 0.5) is 0 Å². The maximum absolute atomic E-state index is 13.0. The molecule has 0 heterocycles. The molecule has 1 aliphatic rings. The molecule has 4 rings (SSSR count). The van der Waals surface area contributed by atoms with Crippen molar-refractivity contribution in [3.05, 3.63) is 88.5 Å². The first-order valence-corrected chi connectivity index (χ1v) is 15.8. The maximum atomic E-state index is 13.0. The van der Waals surface area contributed by atoms with Crippen molar-refractivity contribution >= 4 is 11.9 Å². The molecule has 0 fully saturated rings. The summed E-state index contributed by atoms with van der Waals surface area (Å²) in [4.78, 5) is 25.4. The van der Waals surface area contributed by atoms with Gasteiger partial charge in [-0.25, -0.2) is 9.59 Å².